The highest BCUT2D eigenvalue weighted by molar-refractivity contribution is 5.37. The Balaban J connectivity index is 1.20. The van der Waals surface area contributed by atoms with Gasteiger partial charge in [-0.15, -0.1) is 0 Å². The van der Waals surface area contributed by atoms with Crippen LogP contribution in [0.2, 0.25) is 0 Å². The average Bonchev–Trinajstić information content (AvgIpc) is 3.37. The van der Waals surface area contributed by atoms with Gasteiger partial charge in [-0.2, -0.15) is 0 Å². The molecule has 4 saturated heterocycles. The number of ether oxygens (including phenoxy) is 3. The van der Waals surface area contributed by atoms with Crippen molar-refractivity contribution in [2.24, 2.45) is 5.92 Å². The Morgan fingerprint density at radius 2 is 2.04 bits per heavy atom. The molecule has 0 amide bonds. The molecular weight excluding hydrogens is 359 g/mol. The molecule has 4 aliphatic rings. The van der Waals surface area contributed by atoms with Gasteiger partial charge in [-0.1, -0.05) is 0 Å². The number of nitrogens with zero attached hydrogens (tertiary/aromatic N) is 1. The van der Waals surface area contributed by atoms with Crippen molar-refractivity contribution in [2.75, 3.05) is 52.6 Å². The summed E-state index contributed by atoms with van der Waals surface area (Å²) in [6, 6.07) is 5.55. The van der Waals surface area contributed by atoms with Crippen LogP contribution in [0.1, 0.15) is 37.2 Å². The molecule has 4 aliphatic heterocycles. The first-order valence-electron chi connectivity index (χ1n) is 10.8. The van der Waals surface area contributed by atoms with Crippen molar-refractivity contribution in [3.8, 4) is 5.75 Å². The van der Waals surface area contributed by atoms with E-state index in [1.807, 2.05) is 6.07 Å². The summed E-state index contributed by atoms with van der Waals surface area (Å²) < 4.78 is 31.6. The van der Waals surface area contributed by atoms with E-state index in [1.54, 1.807) is 6.07 Å². The molecule has 1 N–H and O–H groups in total. The lowest BCUT2D eigenvalue weighted by Crippen LogP contribution is -2.59. The lowest BCUT2D eigenvalue weighted by Gasteiger charge is -2.40. The fraction of sp³-hybridized carbons (Fsp3) is 0.727. The van der Waals surface area contributed by atoms with Crippen LogP contribution < -0.4 is 10.1 Å². The molecule has 0 aromatic heterocycles. The van der Waals surface area contributed by atoms with Crippen LogP contribution in [0, 0.1) is 11.7 Å². The topological polar surface area (TPSA) is 43.0 Å². The van der Waals surface area contributed by atoms with Crippen molar-refractivity contribution in [3.63, 3.8) is 0 Å². The Hall–Kier alpha value is -1.21. The third-order valence-electron chi connectivity index (χ3n) is 7.04. The number of benzene rings is 1. The molecule has 5 nitrogen and oxygen atoms in total. The molecule has 1 spiro atoms. The number of piperidine rings is 1. The van der Waals surface area contributed by atoms with Gasteiger partial charge in [-0.3, -0.25) is 4.90 Å². The quantitative estimate of drug-likeness (QED) is 0.837. The van der Waals surface area contributed by atoms with Crippen LogP contribution in [0.25, 0.3) is 0 Å². The number of halogens is 1. The minimum absolute atomic E-state index is 0.106. The minimum atomic E-state index is -0.169. The third kappa shape index (κ3) is 3.80. The number of likely N-dealkylation sites (tertiary alicyclic amines) is 1. The zero-order chi connectivity index (χ0) is 19.0. The Kier molecular flexibility index (Phi) is 5.30. The van der Waals surface area contributed by atoms with Crippen LogP contribution in [0.15, 0.2) is 18.2 Å². The van der Waals surface area contributed by atoms with Gasteiger partial charge in [0.1, 0.15) is 11.6 Å². The molecule has 0 saturated carbocycles. The standard InChI is InChI=1S/C22H31FN2O3/c23-18-1-2-21(27-12-16-5-8-26-11-16)20(9-18)17-3-6-25(7-4-17)19-10-22(28-13-19)14-24-15-22/h1-2,9,16-17,19,24H,3-8,10-15H2/t16-,19-/m0/s1. The van der Waals surface area contributed by atoms with E-state index in [2.05, 4.69) is 10.2 Å². The van der Waals surface area contributed by atoms with E-state index in [4.69, 9.17) is 14.2 Å². The highest BCUT2D eigenvalue weighted by Crippen LogP contribution is 2.38. The molecule has 2 atom stereocenters. The Morgan fingerprint density at radius 3 is 2.71 bits per heavy atom. The molecule has 1 aromatic carbocycles. The van der Waals surface area contributed by atoms with Crippen molar-refractivity contribution in [1.29, 1.82) is 0 Å². The maximum atomic E-state index is 14.0. The van der Waals surface area contributed by atoms with Crippen molar-refractivity contribution in [3.05, 3.63) is 29.6 Å². The molecule has 154 valence electrons. The maximum absolute atomic E-state index is 14.0. The second-order valence-corrected chi connectivity index (χ2v) is 8.99. The van der Waals surface area contributed by atoms with Crippen LogP contribution in [-0.4, -0.2) is 69.1 Å². The average molecular weight is 390 g/mol. The molecule has 0 aliphatic carbocycles. The zero-order valence-electron chi connectivity index (χ0n) is 16.5. The van der Waals surface area contributed by atoms with Crippen molar-refractivity contribution < 1.29 is 18.6 Å². The summed E-state index contributed by atoms with van der Waals surface area (Å²) in [6.45, 7) is 7.20. The lowest BCUT2D eigenvalue weighted by atomic mass is 9.86. The summed E-state index contributed by atoms with van der Waals surface area (Å²) in [5.41, 5.74) is 1.15. The third-order valence-corrected chi connectivity index (χ3v) is 7.04. The van der Waals surface area contributed by atoms with E-state index in [0.29, 0.717) is 24.5 Å². The lowest BCUT2D eigenvalue weighted by molar-refractivity contribution is -0.0367. The number of nitrogens with one attached hydrogen (secondary N) is 1. The molecule has 0 radical (unpaired) electrons. The van der Waals surface area contributed by atoms with E-state index in [1.165, 1.54) is 6.07 Å². The first-order chi connectivity index (χ1) is 13.7. The fourth-order valence-electron chi connectivity index (χ4n) is 5.17. The van der Waals surface area contributed by atoms with Crippen LogP contribution >= 0.6 is 0 Å². The van der Waals surface area contributed by atoms with Gasteiger partial charge in [0.25, 0.3) is 0 Å². The molecule has 0 unspecified atom stereocenters. The minimum Gasteiger partial charge on any atom is -0.493 e. The predicted octanol–water partition coefficient (Wildman–Crippen LogP) is 2.55. The van der Waals surface area contributed by atoms with Crippen molar-refractivity contribution >= 4 is 0 Å². The molecule has 4 fully saturated rings. The first-order valence-corrected chi connectivity index (χ1v) is 10.8. The normalized spacial score (nSPS) is 30.6. The summed E-state index contributed by atoms with van der Waals surface area (Å²) in [5.74, 6) is 1.51. The van der Waals surface area contributed by atoms with Gasteiger partial charge in [0.15, 0.2) is 0 Å². The van der Waals surface area contributed by atoms with Crippen molar-refractivity contribution in [2.45, 2.75) is 43.2 Å². The van der Waals surface area contributed by atoms with Crippen LogP contribution in [0.3, 0.4) is 0 Å². The Morgan fingerprint density at radius 1 is 1.18 bits per heavy atom. The zero-order valence-corrected chi connectivity index (χ0v) is 16.5. The molecule has 0 bridgehead atoms. The molecular formula is C22H31FN2O3. The van der Waals surface area contributed by atoms with Crippen LogP contribution in [0.4, 0.5) is 4.39 Å². The number of hydrogen-bond acceptors (Lipinski definition) is 5. The van der Waals surface area contributed by atoms with Gasteiger partial charge in [0, 0.05) is 37.2 Å². The van der Waals surface area contributed by atoms with Crippen LogP contribution in [0.5, 0.6) is 5.75 Å². The highest BCUT2D eigenvalue weighted by Gasteiger charge is 2.47. The Bertz CT molecular complexity index is 682. The highest BCUT2D eigenvalue weighted by atomic mass is 19.1. The Labute approximate surface area is 166 Å². The molecule has 28 heavy (non-hydrogen) atoms. The van der Waals surface area contributed by atoms with Crippen molar-refractivity contribution in [1.82, 2.24) is 10.2 Å². The van der Waals surface area contributed by atoms with Gasteiger partial charge in [-0.05, 0) is 62.9 Å². The fourth-order valence-corrected chi connectivity index (χ4v) is 5.17. The van der Waals surface area contributed by atoms with E-state index in [9.17, 15) is 4.39 Å². The number of hydrogen-bond donors (Lipinski definition) is 1. The van der Waals surface area contributed by atoms with Crippen LogP contribution in [-0.2, 0) is 9.47 Å². The predicted molar refractivity (Wildman–Crippen MR) is 104 cm³/mol. The summed E-state index contributed by atoms with van der Waals surface area (Å²) in [7, 11) is 0. The van der Waals surface area contributed by atoms with Gasteiger partial charge >= 0.3 is 0 Å². The van der Waals surface area contributed by atoms with E-state index >= 15 is 0 Å². The molecule has 5 rings (SSSR count). The summed E-state index contributed by atoms with van der Waals surface area (Å²) in [5, 5.41) is 3.34. The molecule has 1 aromatic rings. The summed E-state index contributed by atoms with van der Waals surface area (Å²) >= 11 is 0. The summed E-state index contributed by atoms with van der Waals surface area (Å²) in [4.78, 5) is 2.58. The van der Waals surface area contributed by atoms with Gasteiger partial charge in [0.05, 0.1) is 25.4 Å². The molecule has 6 heteroatoms. The maximum Gasteiger partial charge on any atom is 0.123 e. The smallest absolute Gasteiger partial charge is 0.123 e. The summed E-state index contributed by atoms with van der Waals surface area (Å²) in [6.07, 6.45) is 4.29. The second kappa shape index (κ2) is 7.90. The number of rotatable bonds is 5. The monoisotopic (exact) mass is 390 g/mol. The molecule has 4 heterocycles. The van der Waals surface area contributed by atoms with Gasteiger partial charge in [0.2, 0.25) is 0 Å². The SMILES string of the molecule is Fc1ccc(OC[C@H]2CCOC2)c(C2CCN([C@@H]3COC4(CNC4)C3)CC2)c1. The largest absolute Gasteiger partial charge is 0.493 e. The van der Waals surface area contributed by atoms with E-state index in [-0.39, 0.29) is 11.4 Å². The van der Waals surface area contributed by atoms with E-state index < -0.39 is 0 Å². The van der Waals surface area contributed by atoms with Gasteiger partial charge in [-0.25, -0.2) is 4.39 Å². The van der Waals surface area contributed by atoms with Gasteiger partial charge < -0.3 is 19.5 Å². The second-order valence-electron chi connectivity index (χ2n) is 8.99. The first kappa shape index (κ1) is 18.8. The van der Waals surface area contributed by atoms with E-state index in [0.717, 1.165) is 83.0 Å².